The second-order valence-corrected chi connectivity index (χ2v) is 12.0. The van der Waals surface area contributed by atoms with E-state index in [2.05, 4.69) is 26.8 Å². The lowest BCUT2D eigenvalue weighted by Crippen LogP contribution is -2.50. The highest BCUT2D eigenvalue weighted by atomic mass is 16.3. The van der Waals surface area contributed by atoms with Gasteiger partial charge in [-0.2, -0.15) is 0 Å². The molecule has 4 aliphatic carbocycles. The summed E-state index contributed by atoms with van der Waals surface area (Å²) in [6.45, 7) is 11.6. The molecule has 4 aliphatic rings. The van der Waals surface area contributed by atoms with E-state index >= 15 is 0 Å². The molecular weight excluding hydrogens is 356 g/mol. The van der Waals surface area contributed by atoms with Crippen molar-refractivity contribution in [1.29, 1.82) is 0 Å². The lowest BCUT2D eigenvalue weighted by Gasteiger charge is -2.58. The predicted molar refractivity (Wildman–Crippen MR) is 119 cm³/mol. The van der Waals surface area contributed by atoms with E-state index in [4.69, 9.17) is 0 Å². The first-order valence-electron chi connectivity index (χ1n) is 12.6. The summed E-state index contributed by atoms with van der Waals surface area (Å²) in [5.41, 5.74) is 2.39. The monoisotopic (exact) mass is 400 g/mol. The van der Waals surface area contributed by atoms with Gasteiger partial charge in [-0.1, -0.05) is 46.3 Å². The van der Waals surface area contributed by atoms with Crippen LogP contribution < -0.4 is 0 Å². The van der Waals surface area contributed by atoms with Gasteiger partial charge in [0.1, 0.15) is 5.78 Å². The van der Waals surface area contributed by atoms with Crippen molar-refractivity contribution in [2.45, 2.75) is 105 Å². The summed E-state index contributed by atoms with van der Waals surface area (Å²) < 4.78 is 0. The topological polar surface area (TPSA) is 37.3 Å². The summed E-state index contributed by atoms with van der Waals surface area (Å²) in [5, 5.41) is 10.2. The minimum Gasteiger partial charge on any atom is -0.393 e. The highest BCUT2D eigenvalue weighted by molar-refractivity contribution is 5.80. The molecule has 1 unspecified atom stereocenters. The fourth-order valence-electron chi connectivity index (χ4n) is 8.48. The number of carbonyl (C=O) groups excluding carboxylic acids is 1. The molecule has 0 aromatic heterocycles. The number of Topliss-reactive ketones (excluding diaryl/α,β-unsaturated/α-hetero) is 1. The summed E-state index contributed by atoms with van der Waals surface area (Å²) in [5.74, 6) is 4.60. The number of rotatable bonds is 5. The van der Waals surface area contributed by atoms with E-state index in [1.807, 2.05) is 13.8 Å². The zero-order valence-corrected chi connectivity index (χ0v) is 19.5. The van der Waals surface area contributed by atoms with Crippen LogP contribution in [0.25, 0.3) is 0 Å². The van der Waals surface area contributed by atoms with Gasteiger partial charge < -0.3 is 5.11 Å². The van der Waals surface area contributed by atoms with E-state index < -0.39 is 0 Å². The molecule has 0 heterocycles. The van der Waals surface area contributed by atoms with Gasteiger partial charge in [0.2, 0.25) is 0 Å². The zero-order chi connectivity index (χ0) is 21.0. The molecule has 2 heteroatoms. The fourth-order valence-corrected chi connectivity index (χ4v) is 8.48. The molecule has 0 bridgehead atoms. The molecule has 2 nitrogen and oxygen atoms in total. The SMILES string of the molecule is CC(C)C(=O)CCC(C)[C@H]1CC[C@H]2[C@@H]3CC=C4C[C@@H](O)CC[C@]4(C)[C@H]3CC[C@]12C. The number of carbonyl (C=O) groups is 1. The Labute approximate surface area is 178 Å². The lowest BCUT2D eigenvalue weighted by atomic mass is 9.47. The third-order valence-electron chi connectivity index (χ3n) is 10.3. The Morgan fingerprint density at radius 1 is 1.10 bits per heavy atom. The van der Waals surface area contributed by atoms with Gasteiger partial charge in [0.05, 0.1) is 6.10 Å². The van der Waals surface area contributed by atoms with Crippen LogP contribution in [0.4, 0.5) is 0 Å². The van der Waals surface area contributed by atoms with Gasteiger partial charge in [0, 0.05) is 12.3 Å². The number of aliphatic hydroxyl groups excluding tert-OH is 1. The zero-order valence-electron chi connectivity index (χ0n) is 19.5. The van der Waals surface area contributed by atoms with Crippen LogP contribution in [0.5, 0.6) is 0 Å². The molecule has 0 amide bonds. The molecule has 0 radical (unpaired) electrons. The molecule has 3 fully saturated rings. The average Bonchev–Trinajstić information content (AvgIpc) is 3.03. The molecule has 1 N–H and O–H groups in total. The predicted octanol–water partition coefficient (Wildman–Crippen LogP) is 6.57. The third kappa shape index (κ3) is 3.56. The van der Waals surface area contributed by atoms with Crippen LogP contribution in [0, 0.1) is 46.3 Å². The summed E-state index contributed by atoms with van der Waals surface area (Å²) in [6.07, 6.45) is 14.1. The maximum atomic E-state index is 12.2. The summed E-state index contributed by atoms with van der Waals surface area (Å²) in [4.78, 5) is 12.2. The minimum atomic E-state index is -0.106. The van der Waals surface area contributed by atoms with Crippen LogP contribution in [0.15, 0.2) is 11.6 Å². The maximum absolute atomic E-state index is 12.2. The van der Waals surface area contributed by atoms with Crippen molar-refractivity contribution in [2.24, 2.45) is 46.3 Å². The van der Waals surface area contributed by atoms with E-state index in [1.165, 1.54) is 38.5 Å². The normalized spacial score (nSPS) is 45.2. The molecule has 164 valence electrons. The van der Waals surface area contributed by atoms with E-state index in [9.17, 15) is 9.90 Å². The van der Waals surface area contributed by atoms with Crippen molar-refractivity contribution in [2.75, 3.05) is 0 Å². The second kappa shape index (κ2) is 7.81. The van der Waals surface area contributed by atoms with Crippen LogP contribution in [0.1, 0.15) is 98.8 Å². The maximum Gasteiger partial charge on any atom is 0.135 e. The Morgan fingerprint density at radius 2 is 1.86 bits per heavy atom. The van der Waals surface area contributed by atoms with Crippen LogP contribution in [-0.4, -0.2) is 17.0 Å². The first-order chi connectivity index (χ1) is 13.7. The quantitative estimate of drug-likeness (QED) is 0.530. The lowest BCUT2D eigenvalue weighted by molar-refractivity contribution is -0.122. The smallest absolute Gasteiger partial charge is 0.135 e. The van der Waals surface area contributed by atoms with Gasteiger partial charge in [0.25, 0.3) is 0 Å². The van der Waals surface area contributed by atoms with Gasteiger partial charge in [-0.05, 0) is 98.2 Å². The molecule has 29 heavy (non-hydrogen) atoms. The number of ketones is 1. The number of aliphatic hydroxyl groups is 1. The first kappa shape index (κ1) is 21.6. The van der Waals surface area contributed by atoms with E-state index in [-0.39, 0.29) is 12.0 Å². The van der Waals surface area contributed by atoms with Crippen LogP contribution in [0.2, 0.25) is 0 Å². The molecule has 0 spiro atoms. The Hall–Kier alpha value is -0.630. The van der Waals surface area contributed by atoms with Crippen molar-refractivity contribution >= 4 is 5.78 Å². The highest BCUT2D eigenvalue weighted by Crippen LogP contribution is 2.67. The van der Waals surface area contributed by atoms with Crippen LogP contribution in [0.3, 0.4) is 0 Å². The van der Waals surface area contributed by atoms with Crippen molar-refractivity contribution in [3.63, 3.8) is 0 Å². The highest BCUT2D eigenvalue weighted by Gasteiger charge is 2.59. The Morgan fingerprint density at radius 3 is 2.59 bits per heavy atom. The Balaban J connectivity index is 1.49. The van der Waals surface area contributed by atoms with Crippen molar-refractivity contribution < 1.29 is 9.90 Å². The number of hydrogen-bond acceptors (Lipinski definition) is 2. The van der Waals surface area contributed by atoms with E-state index in [1.54, 1.807) is 5.57 Å². The van der Waals surface area contributed by atoms with Crippen LogP contribution >= 0.6 is 0 Å². The Bertz CT molecular complexity index is 663. The first-order valence-corrected chi connectivity index (χ1v) is 12.6. The number of hydrogen-bond donors (Lipinski definition) is 1. The summed E-state index contributed by atoms with van der Waals surface area (Å²) >= 11 is 0. The molecular formula is C27H44O2. The molecule has 0 saturated heterocycles. The van der Waals surface area contributed by atoms with Crippen LogP contribution in [-0.2, 0) is 4.79 Å². The molecule has 0 aromatic rings. The standard InChI is InChI=1S/C27H44O2/c1-17(2)25(29)11-6-18(3)22-9-10-23-21-8-7-19-16-20(28)12-14-26(19,4)24(21)13-15-27(22,23)5/h7,17-18,20-24,28H,6,8-16H2,1-5H3/t18?,20-,21-,22+,23-,24-,26-,27+/m0/s1. The summed E-state index contributed by atoms with van der Waals surface area (Å²) in [7, 11) is 0. The molecule has 0 aromatic carbocycles. The largest absolute Gasteiger partial charge is 0.393 e. The van der Waals surface area contributed by atoms with Gasteiger partial charge in [-0.15, -0.1) is 0 Å². The number of fused-ring (bicyclic) bond motifs is 5. The second-order valence-electron chi connectivity index (χ2n) is 12.0. The number of allylic oxidation sites excluding steroid dienone is 1. The van der Waals surface area contributed by atoms with Crippen molar-refractivity contribution in [3.05, 3.63) is 11.6 Å². The average molecular weight is 401 g/mol. The molecule has 4 rings (SSSR count). The molecule has 8 atom stereocenters. The third-order valence-corrected chi connectivity index (χ3v) is 10.3. The van der Waals surface area contributed by atoms with Crippen molar-refractivity contribution in [3.8, 4) is 0 Å². The molecule has 3 saturated carbocycles. The minimum absolute atomic E-state index is 0.106. The Kier molecular flexibility index (Phi) is 5.82. The van der Waals surface area contributed by atoms with E-state index in [0.717, 1.165) is 49.4 Å². The van der Waals surface area contributed by atoms with Gasteiger partial charge in [0.15, 0.2) is 0 Å². The van der Waals surface area contributed by atoms with Crippen molar-refractivity contribution in [1.82, 2.24) is 0 Å². The van der Waals surface area contributed by atoms with E-state index in [0.29, 0.717) is 22.5 Å². The fraction of sp³-hybridized carbons (Fsp3) is 0.889. The van der Waals surface area contributed by atoms with Gasteiger partial charge >= 0.3 is 0 Å². The summed E-state index contributed by atoms with van der Waals surface area (Å²) in [6, 6.07) is 0. The van der Waals surface area contributed by atoms with Gasteiger partial charge in [-0.3, -0.25) is 4.79 Å². The molecule has 0 aliphatic heterocycles. The van der Waals surface area contributed by atoms with Gasteiger partial charge in [-0.25, -0.2) is 0 Å².